The predicted molar refractivity (Wildman–Crippen MR) is 131 cm³/mol. The maximum Gasteiger partial charge on any atom is 0.256 e. The fraction of sp³-hybridized carbons (Fsp3) is 0.167. The summed E-state index contributed by atoms with van der Waals surface area (Å²) >= 11 is 24.8. The van der Waals surface area contributed by atoms with Gasteiger partial charge >= 0.3 is 0 Å². The van der Waals surface area contributed by atoms with Gasteiger partial charge in [0.25, 0.3) is 5.91 Å². The first kappa shape index (κ1) is 24.7. The molecule has 34 heavy (non-hydrogen) atoms. The van der Waals surface area contributed by atoms with E-state index in [4.69, 9.17) is 46.4 Å². The van der Waals surface area contributed by atoms with Crippen LogP contribution >= 0.6 is 46.4 Å². The zero-order valence-electron chi connectivity index (χ0n) is 17.4. The highest BCUT2D eigenvalue weighted by molar-refractivity contribution is 6.53. The van der Waals surface area contributed by atoms with E-state index in [1.807, 2.05) is 0 Å². The van der Waals surface area contributed by atoms with Gasteiger partial charge in [0, 0.05) is 27.9 Å². The summed E-state index contributed by atoms with van der Waals surface area (Å²) in [5, 5.41) is 5.50. The lowest BCUT2D eigenvalue weighted by atomic mass is 10.1. The average molecular weight is 544 g/mol. The number of anilines is 2. The van der Waals surface area contributed by atoms with Crippen molar-refractivity contribution in [2.45, 2.75) is 17.2 Å². The van der Waals surface area contributed by atoms with Gasteiger partial charge in [-0.05, 0) is 66.6 Å². The Morgan fingerprint density at radius 1 is 0.882 bits per heavy atom. The van der Waals surface area contributed by atoms with Gasteiger partial charge in [-0.3, -0.25) is 9.59 Å². The summed E-state index contributed by atoms with van der Waals surface area (Å²) in [6.07, 6.45) is 0. The van der Waals surface area contributed by atoms with Gasteiger partial charge in [0.05, 0.1) is 10.9 Å². The Morgan fingerprint density at radius 3 is 2.21 bits per heavy atom. The standard InChI is InChI=1S/C24H16Cl4F2N2O2/c1-11-16(22(33)31-14-5-3-13(29)4-6-14)9-15(10-17(11)25)32-23(34)21-20(24(21,27)28)12-2-7-19(30)18(26)8-12/h2-10,20-21H,1H3,(H,31,33)(H,32,34). The number of carbonyl (C=O) groups is 2. The molecular formula is C24H16Cl4F2N2O2. The maximum atomic E-state index is 13.5. The Balaban J connectivity index is 1.54. The predicted octanol–water partition coefficient (Wildman–Crippen LogP) is 7.36. The molecule has 1 saturated carbocycles. The summed E-state index contributed by atoms with van der Waals surface area (Å²) in [4.78, 5) is 25.8. The minimum Gasteiger partial charge on any atom is -0.326 e. The van der Waals surface area contributed by atoms with Gasteiger partial charge in [0.1, 0.15) is 16.0 Å². The van der Waals surface area contributed by atoms with Gasteiger partial charge in [-0.2, -0.15) is 0 Å². The van der Waals surface area contributed by atoms with Gasteiger partial charge < -0.3 is 10.6 Å². The van der Waals surface area contributed by atoms with Crippen molar-refractivity contribution in [2.75, 3.05) is 10.6 Å². The van der Waals surface area contributed by atoms with E-state index in [1.54, 1.807) is 6.92 Å². The molecule has 0 aliphatic heterocycles. The SMILES string of the molecule is Cc1c(Cl)cc(NC(=O)C2C(c3ccc(F)c(Cl)c3)C2(Cl)Cl)cc1C(=O)Nc1ccc(F)cc1. The summed E-state index contributed by atoms with van der Waals surface area (Å²) in [7, 11) is 0. The van der Waals surface area contributed by atoms with Gasteiger partial charge in [0.15, 0.2) is 0 Å². The van der Waals surface area contributed by atoms with E-state index in [9.17, 15) is 18.4 Å². The zero-order chi connectivity index (χ0) is 24.8. The molecule has 0 aromatic heterocycles. The second-order valence-electron chi connectivity index (χ2n) is 7.88. The highest BCUT2D eigenvalue weighted by Gasteiger charge is 2.67. The van der Waals surface area contributed by atoms with Crippen LogP contribution in [0.4, 0.5) is 20.2 Å². The zero-order valence-corrected chi connectivity index (χ0v) is 20.5. The summed E-state index contributed by atoms with van der Waals surface area (Å²) in [5.74, 6) is -3.46. The average Bonchev–Trinajstić information content (AvgIpc) is 3.36. The molecule has 0 bridgehead atoms. The van der Waals surface area contributed by atoms with E-state index in [-0.39, 0.29) is 21.3 Å². The summed E-state index contributed by atoms with van der Waals surface area (Å²) in [5.41, 5.74) is 1.89. The molecule has 4 rings (SSSR count). The second-order valence-corrected chi connectivity index (χ2v) is 10.1. The molecule has 0 radical (unpaired) electrons. The second kappa shape index (κ2) is 9.34. The number of hydrogen-bond acceptors (Lipinski definition) is 2. The lowest BCUT2D eigenvalue weighted by Crippen LogP contribution is -2.19. The topological polar surface area (TPSA) is 58.2 Å². The van der Waals surface area contributed by atoms with Crippen LogP contribution in [0.3, 0.4) is 0 Å². The van der Waals surface area contributed by atoms with Crippen molar-refractivity contribution in [1.29, 1.82) is 0 Å². The fourth-order valence-corrected chi connectivity index (χ4v) is 4.95. The third-order valence-corrected chi connectivity index (χ3v) is 7.22. The van der Waals surface area contributed by atoms with Crippen molar-refractivity contribution in [3.63, 3.8) is 0 Å². The number of nitrogens with one attached hydrogen (secondary N) is 2. The number of benzene rings is 3. The molecule has 1 aliphatic carbocycles. The molecule has 1 aliphatic rings. The Hall–Kier alpha value is -2.38. The smallest absolute Gasteiger partial charge is 0.256 e. The van der Waals surface area contributed by atoms with Crippen LogP contribution in [-0.2, 0) is 4.79 Å². The van der Waals surface area contributed by atoms with Crippen molar-refractivity contribution in [2.24, 2.45) is 5.92 Å². The van der Waals surface area contributed by atoms with Crippen LogP contribution in [-0.4, -0.2) is 16.1 Å². The van der Waals surface area contributed by atoms with Crippen molar-refractivity contribution < 1.29 is 18.4 Å². The van der Waals surface area contributed by atoms with Crippen LogP contribution in [0.25, 0.3) is 0 Å². The molecule has 0 heterocycles. The lowest BCUT2D eigenvalue weighted by Gasteiger charge is -2.13. The number of amides is 2. The Labute approximate surface area is 214 Å². The molecule has 2 amide bonds. The molecule has 2 unspecified atom stereocenters. The molecule has 3 aromatic rings. The van der Waals surface area contributed by atoms with Crippen LogP contribution in [0.15, 0.2) is 54.6 Å². The van der Waals surface area contributed by atoms with Gasteiger partial charge in [-0.1, -0.05) is 29.3 Å². The van der Waals surface area contributed by atoms with Crippen LogP contribution in [0.5, 0.6) is 0 Å². The largest absolute Gasteiger partial charge is 0.326 e. The summed E-state index contributed by atoms with van der Waals surface area (Å²) < 4.78 is 25.2. The quantitative estimate of drug-likeness (QED) is 0.330. The van der Waals surface area contributed by atoms with E-state index in [0.29, 0.717) is 16.8 Å². The third kappa shape index (κ3) is 4.86. The Kier molecular flexibility index (Phi) is 6.80. The molecule has 176 valence electrons. The van der Waals surface area contributed by atoms with E-state index >= 15 is 0 Å². The van der Waals surface area contributed by atoms with E-state index in [2.05, 4.69) is 10.6 Å². The molecule has 4 nitrogen and oxygen atoms in total. The molecule has 0 saturated heterocycles. The minimum absolute atomic E-state index is 0.102. The van der Waals surface area contributed by atoms with Gasteiger partial charge in [0.2, 0.25) is 5.91 Å². The monoisotopic (exact) mass is 542 g/mol. The van der Waals surface area contributed by atoms with Crippen molar-refractivity contribution in [1.82, 2.24) is 0 Å². The molecular weight excluding hydrogens is 528 g/mol. The number of carbonyl (C=O) groups excluding carboxylic acids is 2. The first-order valence-electron chi connectivity index (χ1n) is 9.99. The summed E-state index contributed by atoms with van der Waals surface area (Å²) in [6, 6.07) is 12.3. The minimum atomic E-state index is -1.41. The highest BCUT2D eigenvalue weighted by Crippen LogP contribution is 2.65. The fourth-order valence-electron chi connectivity index (χ4n) is 3.71. The highest BCUT2D eigenvalue weighted by atomic mass is 35.5. The first-order valence-corrected chi connectivity index (χ1v) is 11.5. The molecule has 2 atom stereocenters. The number of alkyl halides is 2. The molecule has 0 spiro atoms. The normalized spacial score (nSPS) is 18.3. The van der Waals surface area contributed by atoms with Crippen LogP contribution in [0.2, 0.25) is 10.0 Å². The van der Waals surface area contributed by atoms with Crippen molar-refractivity contribution in [3.8, 4) is 0 Å². The number of hydrogen-bond donors (Lipinski definition) is 2. The number of halogens is 6. The Bertz CT molecular complexity index is 1300. The molecule has 3 aromatic carbocycles. The third-order valence-electron chi connectivity index (χ3n) is 5.60. The van der Waals surface area contributed by atoms with Gasteiger partial charge in [-0.25, -0.2) is 8.78 Å². The van der Waals surface area contributed by atoms with Crippen molar-refractivity contribution in [3.05, 3.63) is 93.0 Å². The molecule has 2 N–H and O–H groups in total. The molecule has 10 heteroatoms. The van der Waals surface area contributed by atoms with Crippen LogP contribution in [0.1, 0.15) is 27.4 Å². The van der Waals surface area contributed by atoms with E-state index < -0.39 is 39.6 Å². The van der Waals surface area contributed by atoms with Gasteiger partial charge in [-0.15, -0.1) is 23.2 Å². The molecule has 1 fully saturated rings. The van der Waals surface area contributed by atoms with E-state index in [1.165, 1.54) is 54.6 Å². The van der Waals surface area contributed by atoms with Crippen molar-refractivity contribution >= 4 is 69.6 Å². The number of rotatable bonds is 5. The van der Waals surface area contributed by atoms with E-state index in [0.717, 1.165) is 0 Å². The Morgan fingerprint density at radius 2 is 1.56 bits per heavy atom. The maximum absolute atomic E-state index is 13.5. The van der Waals surface area contributed by atoms with Crippen LogP contribution < -0.4 is 10.6 Å². The summed E-state index contributed by atoms with van der Waals surface area (Å²) in [6.45, 7) is 1.66. The first-order chi connectivity index (χ1) is 16.0. The lowest BCUT2D eigenvalue weighted by molar-refractivity contribution is -0.117. The van der Waals surface area contributed by atoms with Crippen LogP contribution in [0, 0.1) is 24.5 Å².